The van der Waals surface area contributed by atoms with Crippen molar-refractivity contribution in [1.29, 1.82) is 0 Å². The highest BCUT2D eigenvalue weighted by atomic mass is 32.2. The van der Waals surface area contributed by atoms with Crippen molar-refractivity contribution >= 4 is 17.5 Å². The number of rotatable bonds is 4. The van der Waals surface area contributed by atoms with E-state index in [4.69, 9.17) is 0 Å². The molecule has 0 N–H and O–H groups in total. The Morgan fingerprint density at radius 1 is 1.24 bits per heavy atom. The second-order valence-corrected chi connectivity index (χ2v) is 7.00. The summed E-state index contributed by atoms with van der Waals surface area (Å²) in [7, 11) is 0. The number of hydrogen-bond donors (Lipinski definition) is 0. The van der Waals surface area contributed by atoms with Gasteiger partial charge in [-0.05, 0) is 62.2 Å². The SMILES string of the molecule is Cc1ccc(C(=O)CSc2nnnn2C(C)(C)C)cc1C. The molecule has 0 aliphatic carbocycles. The Bertz CT molecular complexity index is 658. The first-order chi connectivity index (χ1) is 9.79. The van der Waals surface area contributed by atoms with Crippen LogP contribution in [0, 0.1) is 13.8 Å². The lowest BCUT2D eigenvalue weighted by Crippen LogP contribution is -2.24. The van der Waals surface area contributed by atoms with Crippen LogP contribution in [0.1, 0.15) is 42.3 Å². The third-order valence-electron chi connectivity index (χ3n) is 3.24. The number of thioether (sulfide) groups is 1. The molecule has 6 heteroatoms. The van der Waals surface area contributed by atoms with Gasteiger partial charge in [0.1, 0.15) is 0 Å². The lowest BCUT2D eigenvalue weighted by molar-refractivity contribution is 0.102. The molecule has 0 saturated heterocycles. The number of carbonyl (C=O) groups is 1. The zero-order valence-corrected chi connectivity index (χ0v) is 13.9. The normalized spacial score (nSPS) is 11.7. The molecular weight excluding hydrogens is 284 g/mol. The second-order valence-electron chi connectivity index (χ2n) is 6.05. The molecule has 0 atom stereocenters. The van der Waals surface area contributed by atoms with Crippen LogP contribution < -0.4 is 0 Å². The number of tetrazole rings is 1. The third kappa shape index (κ3) is 3.69. The van der Waals surface area contributed by atoms with Crippen molar-refractivity contribution in [3.05, 3.63) is 34.9 Å². The van der Waals surface area contributed by atoms with Gasteiger partial charge in [-0.1, -0.05) is 23.9 Å². The lowest BCUT2D eigenvalue weighted by atomic mass is 10.0. The van der Waals surface area contributed by atoms with Crippen LogP contribution in [0.15, 0.2) is 23.4 Å². The highest BCUT2D eigenvalue weighted by Gasteiger charge is 2.20. The number of ketones is 1. The van der Waals surface area contributed by atoms with Crippen molar-refractivity contribution in [3.8, 4) is 0 Å². The van der Waals surface area contributed by atoms with Crippen LogP contribution in [0.3, 0.4) is 0 Å². The van der Waals surface area contributed by atoms with E-state index in [9.17, 15) is 4.79 Å². The van der Waals surface area contributed by atoms with E-state index in [1.165, 1.54) is 17.3 Å². The van der Waals surface area contributed by atoms with Crippen molar-refractivity contribution < 1.29 is 4.79 Å². The average Bonchev–Trinajstić information content (AvgIpc) is 2.87. The van der Waals surface area contributed by atoms with Crippen LogP contribution in [-0.2, 0) is 5.54 Å². The quantitative estimate of drug-likeness (QED) is 0.642. The number of nitrogens with zero attached hydrogens (tertiary/aromatic N) is 4. The van der Waals surface area contributed by atoms with Gasteiger partial charge < -0.3 is 0 Å². The first-order valence-electron chi connectivity index (χ1n) is 6.81. The average molecular weight is 304 g/mol. The van der Waals surface area contributed by atoms with Gasteiger partial charge in [0.15, 0.2) is 5.78 Å². The minimum Gasteiger partial charge on any atom is -0.293 e. The largest absolute Gasteiger partial charge is 0.293 e. The molecule has 5 nitrogen and oxygen atoms in total. The van der Waals surface area contributed by atoms with Gasteiger partial charge in [-0.2, -0.15) is 0 Å². The molecule has 0 bridgehead atoms. The molecule has 0 radical (unpaired) electrons. The molecule has 1 aromatic carbocycles. The molecule has 0 unspecified atom stereocenters. The predicted octanol–water partition coefficient (Wildman–Crippen LogP) is 3.02. The standard InChI is InChI=1S/C15H20N4OS/c1-10-6-7-12(8-11(10)2)13(20)9-21-14-16-17-18-19(14)15(3,4)5/h6-8H,9H2,1-5H3. The van der Waals surface area contributed by atoms with Gasteiger partial charge in [0.25, 0.3) is 0 Å². The number of benzene rings is 1. The first-order valence-corrected chi connectivity index (χ1v) is 7.79. The highest BCUT2D eigenvalue weighted by molar-refractivity contribution is 7.99. The molecule has 0 spiro atoms. The number of hydrogen-bond acceptors (Lipinski definition) is 5. The Labute approximate surface area is 129 Å². The van der Waals surface area contributed by atoms with E-state index >= 15 is 0 Å². The third-order valence-corrected chi connectivity index (χ3v) is 4.16. The summed E-state index contributed by atoms with van der Waals surface area (Å²) in [5.41, 5.74) is 2.86. The smallest absolute Gasteiger partial charge is 0.210 e. The Hall–Kier alpha value is -1.69. The molecule has 0 aliphatic heterocycles. The summed E-state index contributed by atoms with van der Waals surface area (Å²) in [6.45, 7) is 10.1. The molecule has 21 heavy (non-hydrogen) atoms. The first kappa shape index (κ1) is 15.7. The van der Waals surface area contributed by atoms with Crippen LogP contribution in [0.4, 0.5) is 0 Å². The fourth-order valence-corrected chi connectivity index (χ4v) is 2.77. The maximum atomic E-state index is 12.3. The Morgan fingerprint density at radius 2 is 1.95 bits per heavy atom. The monoisotopic (exact) mass is 304 g/mol. The number of aromatic nitrogens is 4. The molecular formula is C15H20N4OS. The number of carbonyl (C=O) groups excluding carboxylic acids is 1. The molecule has 2 rings (SSSR count). The summed E-state index contributed by atoms with van der Waals surface area (Å²) in [5, 5.41) is 12.3. The van der Waals surface area contributed by atoms with Gasteiger partial charge in [0.2, 0.25) is 5.16 Å². The minimum atomic E-state index is -0.199. The Morgan fingerprint density at radius 3 is 2.57 bits per heavy atom. The van der Waals surface area contributed by atoms with Crippen molar-refractivity contribution in [2.45, 2.75) is 45.3 Å². The summed E-state index contributed by atoms with van der Waals surface area (Å²) in [5.74, 6) is 0.422. The van der Waals surface area contributed by atoms with E-state index in [-0.39, 0.29) is 11.3 Å². The predicted molar refractivity (Wildman–Crippen MR) is 83.8 cm³/mol. The van der Waals surface area contributed by atoms with Crippen molar-refractivity contribution in [3.63, 3.8) is 0 Å². The summed E-state index contributed by atoms with van der Waals surface area (Å²) in [4.78, 5) is 12.3. The van der Waals surface area contributed by atoms with Crippen molar-refractivity contribution in [1.82, 2.24) is 20.2 Å². The summed E-state index contributed by atoms with van der Waals surface area (Å²) < 4.78 is 1.74. The van der Waals surface area contributed by atoms with E-state index in [2.05, 4.69) is 15.5 Å². The summed E-state index contributed by atoms with van der Waals surface area (Å²) in [6, 6.07) is 5.79. The zero-order chi connectivity index (χ0) is 15.6. The minimum absolute atomic E-state index is 0.0894. The van der Waals surface area contributed by atoms with Gasteiger partial charge in [-0.25, -0.2) is 4.68 Å². The van der Waals surface area contributed by atoms with Crippen LogP contribution in [0.25, 0.3) is 0 Å². The fraction of sp³-hybridized carbons (Fsp3) is 0.467. The fourth-order valence-electron chi connectivity index (χ4n) is 1.82. The van der Waals surface area contributed by atoms with Gasteiger partial charge >= 0.3 is 0 Å². The van der Waals surface area contributed by atoms with E-state index in [0.29, 0.717) is 10.9 Å². The van der Waals surface area contributed by atoms with Crippen LogP contribution in [0.5, 0.6) is 0 Å². The topological polar surface area (TPSA) is 60.7 Å². The van der Waals surface area contributed by atoms with Crippen LogP contribution in [-0.4, -0.2) is 31.7 Å². The molecule has 0 saturated carbocycles. The second kappa shape index (κ2) is 5.97. The molecule has 1 heterocycles. The molecule has 0 aliphatic rings. The van der Waals surface area contributed by atoms with Crippen LogP contribution in [0.2, 0.25) is 0 Å². The molecule has 0 amide bonds. The van der Waals surface area contributed by atoms with E-state index < -0.39 is 0 Å². The summed E-state index contributed by atoms with van der Waals surface area (Å²) >= 11 is 1.37. The van der Waals surface area contributed by atoms with E-state index in [1.54, 1.807) is 4.68 Å². The van der Waals surface area contributed by atoms with Crippen LogP contribution >= 0.6 is 11.8 Å². The van der Waals surface area contributed by atoms with Crippen molar-refractivity contribution in [2.24, 2.45) is 0 Å². The Kier molecular flexibility index (Phi) is 4.46. The zero-order valence-electron chi connectivity index (χ0n) is 13.0. The molecule has 0 fully saturated rings. The number of aryl methyl sites for hydroxylation is 2. The van der Waals surface area contributed by atoms with E-state index in [1.807, 2.05) is 52.8 Å². The Balaban J connectivity index is 2.08. The van der Waals surface area contributed by atoms with E-state index in [0.717, 1.165) is 11.1 Å². The number of Topliss-reactive ketones (excluding diaryl/α,β-unsaturated/α-hetero) is 1. The summed E-state index contributed by atoms with van der Waals surface area (Å²) in [6.07, 6.45) is 0. The molecule has 1 aromatic heterocycles. The van der Waals surface area contributed by atoms with Gasteiger partial charge in [0, 0.05) is 5.56 Å². The highest BCUT2D eigenvalue weighted by Crippen LogP contribution is 2.22. The maximum Gasteiger partial charge on any atom is 0.210 e. The molecule has 2 aromatic rings. The maximum absolute atomic E-state index is 12.3. The van der Waals surface area contributed by atoms with Crippen molar-refractivity contribution in [2.75, 3.05) is 5.75 Å². The van der Waals surface area contributed by atoms with Gasteiger partial charge in [-0.3, -0.25) is 4.79 Å². The lowest BCUT2D eigenvalue weighted by Gasteiger charge is -2.19. The molecule has 112 valence electrons. The van der Waals surface area contributed by atoms with Gasteiger partial charge in [-0.15, -0.1) is 5.10 Å². The van der Waals surface area contributed by atoms with Gasteiger partial charge in [0.05, 0.1) is 11.3 Å².